The number of nitrogens with one attached hydrogen (secondary N) is 1. The van der Waals surface area contributed by atoms with Gasteiger partial charge in [-0.1, -0.05) is 19.0 Å². The summed E-state index contributed by atoms with van der Waals surface area (Å²) in [5.74, 6) is 1.99. The molecule has 1 aromatic carbocycles. The first-order valence-electron chi connectivity index (χ1n) is 5.89. The highest BCUT2D eigenvalue weighted by atomic mass is 16.5. The van der Waals surface area contributed by atoms with E-state index in [9.17, 15) is 0 Å². The van der Waals surface area contributed by atoms with Gasteiger partial charge in [-0.15, -0.1) is 0 Å². The first-order chi connectivity index (χ1) is 8.69. The normalized spacial score (nSPS) is 10.9. The van der Waals surface area contributed by atoms with Crippen LogP contribution in [0.15, 0.2) is 28.8 Å². The molecule has 0 saturated heterocycles. The van der Waals surface area contributed by atoms with Crippen molar-refractivity contribution in [3.8, 4) is 17.2 Å². The second-order valence-electron chi connectivity index (χ2n) is 4.28. The van der Waals surface area contributed by atoms with Crippen LogP contribution in [0.5, 0.6) is 5.75 Å². The third-order valence-electron chi connectivity index (χ3n) is 2.47. The molecule has 0 atom stereocenters. The molecule has 0 spiro atoms. The van der Waals surface area contributed by atoms with Gasteiger partial charge in [0.05, 0.1) is 13.7 Å². The fraction of sp³-hybridized carbons (Fsp3) is 0.385. The van der Waals surface area contributed by atoms with Crippen molar-refractivity contribution in [2.75, 3.05) is 7.11 Å². The lowest BCUT2D eigenvalue weighted by atomic mass is 10.2. The van der Waals surface area contributed by atoms with Gasteiger partial charge in [0, 0.05) is 11.6 Å². The first kappa shape index (κ1) is 12.6. The molecule has 1 N–H and O–H groups in total. The molecule has 2 rings (SSSR count). The van der Waals surface area contributed by atoms with Crippen molar-refractivity contribution >= 4 is 0 Å². The number of rotatable bonds is 5. The van der Waals surface area contributed by atoms with Crippen LogP contribution < -0.4 is 10.1 Å². The molecular weight excluding hydrogens is 230 g/mol. The molecule has 0 saturated carbocycles. The summed E-state index contributed by atoms with van der Waals surface area (Å²) in [6, 6.07) is 7.92. The maximum absolute atomic E-state index is 5.21. The van der Waals surface area contributed by atoms with E-state index in [0.29, 0.717) is 24.3 Å². The highest BCUT2D eigenvalue weighted by molar-refractivity contribution is 5.54. The maximum Gasteiger partial charge on any atom is 0.257 e. The standard InChI is InChI=1S/C13H17N3O2/c1-9(2)14-8-12-15-13(18-16-12)10-4-6-11(17-3)7-5-10/h4-7,9,14H,8H2,1-3H3. The first-order valence-corrected chi connectivity index (χ1v) is 5.89. The molecule has 5 heteroatoms. The Labute approximate surface area is 106 Å². The van der Waals surface area contributed by atoms with E-state index in [2.05, 4.69) is 29.3 Å². The lowest BCUT2D eigenvalue weighted by Gasteiger charge is -2.03. The Morgan fingerprint density at radius 2 is 2.00 bits per heavy atom. The van der Waals surface area contributed by atoms with Crippen molar-refractivity contribution in [3.63, 3.8) is 0 Å². The number of benzene rings is 1. The van der Waals surface area contributed by atoms with Crippen molar-refractivity contribution < 1.29 is 9.26 Å². The van der Waals surface area contributed by atoms with Gasteiger partial charge in [0.2, 0.25) is 0 Å². The summed E-state index contributed by atoms with van der Waals surface area (Å²) in [6.45, 7) is 4.76. The van der Waals surface area contributed by atoms with Gasteiger partial charge in [0.25, 0.3) is 5.89 Å². The van der Waals surface area contributed by atoms with Crippen molar-refractivity contribution in [2.24, 2.45) is 0 Å². The van der Waals surface area contributed by atoms with Crippen LogP contribution in [0.25, 0.3) is 11.5 Å². The van der Waals surface area contributed by atoms with Crippen LogP contribution in [-0.2, 0) is 6.54 Å². The minimum atomic E-state index is 0.396. The van der Waals surface area contributed by atoms with Crippen LogP contribution in [0, 0.1) is 0 Å². The number of aromatic nitrogens is 2. The zero-order valence-corrected chi connectivity index (χ0v) is 10.8. The van der Waals surface area contributed by atoms with Crippen molar-refractivity contribution in [3.05, 3.63) is 30.1 Å². The van der Waals surface area contributed by atoms with E-state index in [0.717, 1.165) is 11.3 Å². The van der Waals surface area contributed by atoms with Gasteiger partial charge >= 0.3 is 0 Å². The van der Waals surface area contributed by atoms with Crippen LogP contribution in [0.3, 0.4) is 0 Å². The molecule has 0 aliphatic carbocycles. The van der Waals surface area contributed by atoms with Crippen LogP contribution in [0.4, 0.5) is 0 Å². The van der Waals surface area contributed by atoms with E-state index < -0.39 is 0 Å². The Bertz CT molecular complexity index is 491. The summed E-state index contributed by atoms with van der Waals surface area (Å²) in [5.41, 5.74) is 0.888. The zero-order chi connectivity index (χ0) is 13.0. The van der Waals surface area contributed by atoms with E-state index in [1.54, 1.807) is 7.11 Å². The second kappa shape index (κ2) is 5.64. The number of ether oxygens (including phenoxy) is 1. The monoisotopic (exact) mass is 247 g/mol. The van der Waals surface area contributed by atoms with Gasteiger partial charge in [-0.3, -0.25) is 0 Å². The number of nitrogens with zero attached hydrogens (tertiary/aromatic N) is 2. The molecular formula is C13H17N3O2. The Balaban J connectivity index is 2.08. The number of hydrogen-bond acceptors (Lipinski definition) is 5. The third kappa shape index (κ3) is 3.07. The molecule has 0 bridgehead atoms. The summed E-state index contributed by atoms with van der Waals surface area (Å²) in [5, 5.41) is 7.17. The molecule has 96 valence electrons. The topological polar surface area (TPSA) is 60.2 Å². The second-order valence-corrected chi connectivity index (χ2v) is 4.28. The molecule has 0 unspecified atom stereocenters. The predicted molar refractivity (Wildman–Crippen MR) is 68.3 cm³/mol. The van der Waals surface area contributed by atoms with Gasteiger partial charge in [0.1, 0.15) is 5.75 Å². The smallest absolute Gasteiger partial charge is 0.257 e. The average molecular weight is 247 g/mol. The molecule has 0 amide bonds. The fourth-order valence-electron chi connectivity index (χ4n) is 1.47. The minimum Gasteiger partial charge on any atom is -0.497 e. The van der Waals surface area contributed by atoms with Crippen molar-refractivity contribution in [2.45, 2.75) is 26.4 Å². The molecule has 0 aliphatic rings. The zero-order valence-electron chi connectivity index (χ0n) is 10.8. The van der Waals surface area contributed by atoms with E-state index in [1.807, 2.05) is 24.3 Å². The predicted octanol–water partition coefficient (Wildman–Crippen LogP) is 2.24. The summed E-state index contributed by atoms with van der Waals surface area (Å²) in [7, 11) is 1.64. The van der Waals surface area contributed by atoms with Gasteiger partial charge in [-0.05, 0) is 24.3 Å². The Morgan fingerprint density at radius 1 is 1.28 bits per heavy atom. The molecule has 0 radical (unpaired) electrons. The lowest BCUT2D eigenvalue weighted by molar-refractivity contribution is 0.413. The molecule has 1 heterocycles. The highest BCUT2D eigenvalue weighted by Gasteiger charge is 2.08. The number of hydrogen-bond donors (Lipinski definition) is 1. The SMILES string of the molecule is COc1ccc(-c2nc(CNC(C)C)no2)cc1. The minimum absolute atomic E-state index is 0.396. The third-order valence-corrected chi connectivity index (χ3v) is 2.47. The Kier molecular flexibility index (Phi) is 3.94. The molecule has 18 heavy (non-hydrogen) atoms. The van der Waals surface area contributed by atoms with E-state index in [1.165, 1.54) is 0 Å². The lowest BCUT2D eigenvalue weighted by Crippen LogP contribution is -2.22. The van der Waals surface area contributed by atoms with Crippen molar-refractivity contribution in [1.82, 2.24) is 15.5 Å². The van der Waals surface area contributed by atoms with Crippen LogP contribution >= 0.6 is 0 Å². The Hall–Kier alpha value is -1.88. The largest absolute Gasteiger partial charge is 0.497 e. The molecule has 5 nitrogen and oxygen atoms in total. The van der Waals surface area contributed by atoms with E-state index >= 15 is 0 Å². The maximum atomic E-state index is 5.21. The summed E-state index contributed by atoms with van der Waals surface area (Å²) in [4.78, 5) is 4.33. The highest BCUT2D eigenvalue weighted by Crippen LogP contribution is 2.20. The van der Waals surface area contributed by atoms with Gasteiger partial charge in [-0.2, -0.15) is 4.98 Å². The average Bonchev–Trinajstić information content (AvgIpc) is 2.85. The van der Waals surface area contributed by atoms with Crippen LogP contribution in [0.2, 0.25) is 0 Å². The summed E-state index contributed by atoms with van der Waals surface area (Å²) in [6.07, 6.45) is 0. The van der Waals surface area contributed by atoms with E-state index in [4.69, 9.17) is 9.26 Å². The quantitative estimate of drug-likeness (QED) is 0.878. The molecule has 1 aromatic heterocycles. The van der Waals surface area contributed by atoms with Crippen molar-refractivity contribution in [1.29, 1.82) is 0 Å². The van der Waals surface area contributed by atoms with Gasteiger partial charge in [-0.25, -0.2) is 0 Å². The summed E-state index contributed by atoms with van der Waals surface area (Å²) >= 11 is 0. The molecule has 0 fully saturated rings. The van der Waals surface area contributed by atoms with Gasteiger partial charge < -0.3 is 14.6 Å². The van der Waals surface area contributed by atoms with Crippen LogP contribution in [0.1, 0.15) is 19.7 Å². The van der Waals surface area contributed by atoms with Gasteiger partial charge in [0.15, 0.2) is 5.82 Å². The van der Waals surface area contributed by atoms with E-state index in [-0.39, 0.29) is 0 Å². The molecule has 0 aliphatic heterocycles. The Morgan fingerprint density at radius 3 is 2.61 bits per heavy atom. The van der Waals surface area contributed by atoms with Crippen LogP contribution in [-0.4, -0.2) is 23.3 Å². The molecule has 2 aromatic rings. The number of methoxy groups -OCH3 is 1. The summed E-state index contributed by atoms with van der Waals surface area (Å²) < 4.78 is 10.3. The fourth-order valence-corrected chi connectivity index (χ4v) is 1.47.